The number of aromatic nitrogens is 1. The molecule has 0 unspecified atom stereocenters. The number of nitrogens with zero attached hydrogens (tertiary/aromatic N) is 3. The van der Waals surface area contributed by atoms with Crippen molar-refractivity contribution in [2.45, 2.75) is 5.03 Å². The molecule has 0 saturated carbocycles. The lowest BCUT2D eigenvalue weighted by atomic mass is 10.3. The Hall–Kier alpha value is -1.83. The summed E-state index contributed by atoms with van der Waals surface area (Å²) in [7, 11) is 0. The molecule has 0 radical (unpaired) electrons. The summed E-state index contributed by atoms with van der Waals surface area (Å²) in [5.41, 5.74) is 4.86. The van der Waals surface area contributed by atoms with Crippen molar-refractivity contribution in [2.75, 3.05) is 6.26 Å². The highest BCUT2D eigenvalue weighted by molar-refractivity contribution is 7.98. The third-order valence-electron chi connectivity index (χ3n) is 1.60. The third-order valence-corrected chi connectivity index (χ3v) is 2.25. The number of pyridine rings is 1. The Morgan fingerprint density at radius 2 is 2.40 bits per heavy atom. The van der Waals surface area contributed by atoms with Crippen LogP contribution in [0.15, 0.2) is 22.3 Å². The van der Waals surface area contributed by atoms with E-state index in [1.807, 2.05) is 0 Å². The van der Waals surface area contributed by atoms with Gasteiger partial charge >= 0.3 is 0 Å². The molecule has 3 N–H and O–H groups in total. The number of oxime groups is 1. The molecule has 0 bridgehead atoms. The number of thioether (sulfide) groups is 1. The van der Waals surface area contributed by atoms with Crippen molar-refractivity contribution in [2.24, 2.45) is 10.9 Å². The van der Waals surface area contributed by atoms with E-state index in [0.717, 1.165) is 0 Å². The summed E-state index contributed by atoms with van der Waals surface area (Å²) in [5.74, 6) is -0.377. The molecule has 1 rings (SSSR count). The van der Waals surface area contributed by atoms with Crippen LogP contribution in [-0.4, -0.2) is 27.2 Å². The molecule has 0 aliphatic carbocycles. The van der Waals surface area contributed by atoms with Crippen molar-refractivity contribution < 1.29 is 10.1 Å². The quantitative estimate of drug-likeness (QED) is 0.197. The van der Waals surface area contributed by atoms with Crippen LogP contribution in [0.4, 0.5) is 5.69 Å². The molecule has 15 heavy (non-hydrogen) atoms. The van der Waals surface area contributed by atoms with Gasteiger partial charge in [0.1, 0.15) is 0 Å². The van der Waals surface area contributed by atoms with Crippen LogP contribution in [-0.2, 0) is 0 Å². The van der Waals surface area contributed by atoms with Crippen LogP contribution in [0.1, 0.15) is 5.69 Å². The van der Waals surface area contributed by atoms with E-state index in [-0.39, 0.29) is 17.2 Å². The van der Waals surface area contributed by atoms with Crippen molar-refractivity contribution in [3.63, 3.8) is 0 Å². The van der Waals surface area contributed by atoms with Crippen LogP contribution in [0, 0.1) is 10.1 Å². The van der Waals surface area contributed by atoms with E-state index in [4.69, 9.17) is 10.9 Å². The van der Waals surface area contributed by atoms with Gasteiger partial charge in [-0.2, -0.15) is 0 Å². The predicted molar refractivity (Wildman–Crippen MR) is 55.2 cm³/mol. The fourth-order valence-electron chi connectivity index (χ4n) is 0.931. The van der Waals surface area contributed by atoms with E-state index in [1.165, 1.54) is 23.9 Å². The molecule has 1 aromatic heterocycles. The molecule has 1 heterocycles. The van der Waals surface area contributed by atoms with Crippen molar-refractivity contribution >= 4 is 23.3 Å². The minimum Gasteiger partial charge on any atom is -0.409 e. The van der Waals surface area contributed by atoms with Gasteiger partial charge in [-0.1, -0.05) is 5.16 Å². The molecule has 0 amide bonds. The molecule has 0 saturated heterocycles. The zero-order valence-corrected chi connectivity index (χ0v) is 8.56. The van der Waals surface area contributed by atoms with Gasteiger partial charge in [0.05, 0.1) is 9.95 Å². The third kappa shape index (κ3) is 2.34. The SMILES string of the molecule is CSc1ccc([N+](=O)[O-])c(/C(N)=N/O)n1. The summed E-state index contributed by atoms with van der Waals surface area (Å²) in [4.78, 5) is 13.9. The van der Waals surface area contributed by atoms with Crippen LogP contribution in [0.25, 0.3) is 0 Å². The average molecular weight is 228 g/mol. The van der Waals surface area contributed by atoms with Gasteiger partial charge < -0.3 is 10.9 Å². The highest BCUT2D eigenvalue weighted by atomic mass is 32.2. The normalized spacial score (nSPS) is 11.4. The maximum atomic E-state index is 10.6. The first-order valence-corrected chi connectivity index (χ1v) is 5.00. The van der Waals surface area contributed by atoms with Gasteiger partial charge in [-0.25, -0.2) is 4.98 Å². The topological polar surface area (TPSA) is 115 Å². The molecular weight excluding hydrogens is 220 g/mol. The van der Waals surface area contributed by atoms with Crippen LogP contribution >= 0.6 is 11.8 Å². The summed E-state index contributed by atoms with van der Waals surface area (Å²) >= 11 is 1.31. The van der Waals surface area contributed by atoms with Crippen molar-refractivity contribution in [1.82, 2.24) is 4.98 Å². The molecule has 8 heteroatoms. The van der Waals surface area contributed by atoms with Gasteiger partial charge in [-0.15, -0.1) is 11.8 Å². The highest BCUT2D eigenvalue weighted by Gasteiger charge is 2.19. The van der Waals surface area contributed by atoms with E-state index in [2.05, 4.69) is 10.1 Å². The van der Waals surface area contributed by atoms with Gasteiger partial charge in [0.2, 0.25) is 0 Å². The number of hydrogen-bond acceptors (Lipinski definition) is 6. The molecule has 0 spiro atoms. The number of amidine groups is 1. The zero-order valence-electron chi connectivity index (χ0n) is 7.75. The summed E-state index contributed by atoms with van der Waals surface area (Å²) in [6, 6.07) is 2.77. The van der Waals surface area contributed by atoms with E-state index in [0.29, 0.717) is 5.03 Å². The highest BCUT2D eigenvalue weighted by Crippen LogP contribution is 2.20. The van der Waals surface area contributed by atoms with Crippen molar-refractivity contribution in [3.05, 3.63) is 27.9 Å². The summed E-state index contributed by atoms with van der Waals surface area (Å²) in [6.45, 7) is 0. The van der Waals surface area contributed by atoms with Gasteiger partial charge in [0.15, 0.2) is 11.5 Å². The monoisotopic (exact) mass is 228 g/mol. The maximum Gasteiger partial charge on any atom is 0.298 e. The smallest absolute Gasteiger partial charge is 0.298 e. The molecule has 80 valence electrons. The zero-order chi connectivity index (χ0) is 11.4. The molecule has 0 aliphatic rings. The van der Waals surface area contributed by atoms with Crippen molar-refractivity contribution in [3.8, 4) is 0 Å². The fourth-order valence-corrected chi connectivity index (χ4v) is 1.32. The molecule has 1 aromatic rings. The second-order valence-corrected chi connectivity index (χ2v) is 3.29. The molecule has 0 atom stereocenters. The molecule has 0 aliphatic heterocycles. The Morgan fingerprint density at radius 3 is 2.87 bits per heavy atom. The number of nitrogens with two attached hydrogens (primary N) is 1. The minimum atomic E-state index is -0.634. The standard InChI is InChI=1S/C7H8N4O3S/c1-15-5-3-2-4(11(13)14)6(9-5)7(8)10-12/h2-3,12H,1H3,(H2,8,10). The van der Waals surface area contributed by atoms with Gasteiger partial charge in [-0.05, 0) is 12.3 Å². The first kappa shape index (κ1) is 11.2. The van der Waals surface area contributed by atoms with Crippen LogP contribution in [0.5, 0.6) is 0 Å². The number of hydrogen-bond donors (Lipinski definition) is 2. The van der Waals surface area contributed by atoms with E-state index in [1.54, 1.807) is 6.26 Å². The molecule has 0 fully saturated rings. The second-order valence-electron chi connectivity index (χ2n) is 2.46. The Kier molecular flexibility index (Phi) is 3.45. The fraction of sp³-hybridized carbons (Fsp3) is 0.143. The number of nitro groups is 1. The van der Waals surface area contributed by atoms with Crippen molar-refractivity contribution in [1.29, 1.82) is 0 Å². The lowest BCUT2D eigenvalue weighted by molar-refractivity contribution is -0.385. The molecular formula is C7H8N4O3S. The maximum absolute atomic E-state index is 10.6. The average Bonchev–Trinajstić information content (AvgIpc) is 2.26. The number of rotatable bonds is 3. The van der Waals surface area contributed by atoms with E-state index in [9.17, 15) is 10.1 Å². The summed E-state index contributed by atoms with van der Waals surface area (Å²) in [6.07, 6.45) is 1.77. The summed E-state index contributed by atoms with van der Waals surface area (Å²) < 4.78 is 0. The van der Waals surface area contributed by atoms with Gasteiger partial charge in [0.25, 0.3) is 5.69 Å². The lowest BCUT2D eigenvalue weighted by Gasteiger charge is -2.01. The van der Waals surface area contributed by atoms with Crippen LogP contribution in [0.2, 0.25) is 0 Å². The lowest BCUT2D eigenvalue weighted by Crippen LogP contribution is -2.17. The largest absolute Gasteiger partial charge is 0.409 e. The van der Waals surface area contributed by atoms with Crippen LogP contribution in [0.3, 0.4) is 0 Å². The van der Waals surface area contributed by atoms with E-state index >= 15 is 0 Å². The first-order valence-electron chi connectivity index (χ1n) is 3.77. The summed E-state index contributed by atoms with van der Waals surface area (Å²) in [5, 5.41) is 22.3. The Labute approximate surface area is 89.1 Å². The van der Waals surface area contributed by atoms with Gasteiger partial charge in [-0.3, -0.25) is 10.1 Å². The molecule has 7 nitrogen and oxygen atoms in total. The van der Waals surface area contributed by atoms with E-state index < -0.39 is 4.92 Å². The van der Waals surface area contributed by atoms with Gasteiger partial charge in [0, 0.05) is 6.07 Å². The van der Waals surface area contributed by atoms with Crippen LogP contribution < -0.4 is 5.73 Å². The Balaban J connectivity index is 3.35. The Morgan fingerprint density at radius 1 is 1.73 bits per heavy atom. The first-order chi connectivity index (χ1) is 7.10. The predicted octanol–water partition coefficient (Wildman–Crippen LogP) is 0.806. The minimum absolute atomic E-state index is 0.130. The molecule has 0 aromatic carbocycles. The second kappa shape index (κ2) is 4.60. The Bertz CT molecular complexity index is 421.